The standard InChI is InChI=1S/C21H19ClN4O3/c22-13-2-6-17-15(10-13)16-11-25(8-7-18(16)24-17)21(27)12-1-5-19(23-14-3-4-14)20(9-12)26(28)29/h1-2,5-6,9-10,14,23-24H,3-4,7-8,11H2. The Hall–Kier alpha value is -3.06. The molecule has 1 aliphatic carbocycles. The van der Waals surface area contributed by atoms with Crippen LogP contribution in [-0.2, 0) is 13.0 Å². The second-order valence-corrected chi connectivity index (χ2v) is 8.09. The lowest BCUT2D eigenvalue weighted by Gasteiger charge is -2.27. The first-order chi connectivity index (χ1) is 14.0. The Balaban J connectivity index is 1.44. The maximum Gasteiger partial charge on any atom is 0.293 e. The topological polar surface area (TPSA) is 91.3 Å². The summed E-state index contributed by atoms with van der Waals surface area (Å²) in [6.07, 6.45) is 2.74. The Labute approximate surface area is 171 Å². The third-order valence-corrected chi connectivity index (χ3v) is 5.84. The molecular formula is C21H19ClN4O3. The quantitative estimate of drug-likeness (QED) is 0.489. The van der Waals surface area contributed by atoms with Gasteiger partial charge in [0.2, 0.25) is 0 Å². The fourth-order valence-corrected chi connectivity index (χ4v) is 4.10. The molecule has 7 nitrogen and oxygen atoms in total. The number of aromatic amines is 1. The van der Waals surface area contributed by atoms with Crippen LogP contribution in [-0.4, -0.2) is 33.3 Å². The molecule has 0 unspecified atom stereocenters. The van der Waals surface area contributed by atoms with Crippen LogP contribution in [0.25, 0.3) is 10.9 Å². The number of carbonyl (C=O) groups excluding carboxylic acids is 1. The summed E-state index contributed by atoms with van der Waals surface area (Å²) in [7, 11) is 0. The summed E-state index contributed by atoms with van der Waals surface area (Å²) in [4.78, 5) is 29.3. The van der Waals surface area contributed by atoms with Crippen molar-refractivity contribution < 1.29 is 9.72 Å². The number of aromatic nitrogens is 1. The molecule has 1 saturated carbocycles. The summed E-state index contributed by atoms with van der Waals surface area (Å²) < 4.78 is 0. The number of H-pyrrole nitrogens is 1. The molecule has 1 aliphatic heterocycles. The predicted molar refractivity (Wildman–Crippen MR) is 111 cm³/mol. The molecule has 1 aromatic heterocycles. The predicted octanol–water partition coefficient (Wildman–Crippen LogP) is 4.50. The van der Waals surface area contributed by atoms with E-state index in [-0.39, 0.29) is 11.6 Å². The summed E-state index contributed by atoms with van der Waals surface area (Å²) in [6, 6.07) is 10.7. The number of fused-ring (bicyclic) bond motifs is 3. The lowest BCUT2D eigenvalue weighted by Crippen LogP contribution is -2.35. The molecule has 0 spiro atoms. The van der Waals surface area contributed by atoms with Gasteiger partial charge in [-0.2, -0.15) is 0 Å². The van der Waals surface area contributed by atoms with Crippen LogP contribution in [0.15, 0.2) is 36.4 Å². The molecule has 1 fully saturated rings. The number of hydrogen-bond acceptors (Lipinski definition) is 4. The molecule has 3 aromatic rings. The van der Waals surface area contributed by atoms with Gasteiger partial charge in [-0.3, -0.25) is 14.9 Å². The molecule has 5 rings (SSSR count). The number of nitrogens with zero attached hydrogens (tertiary/aromatic N) is 2. The molecule has 2 N–H and O–H groups in total. The molecule has 148 valence electrons. The number of nitro groups is 1. The Morgan fingerprint density at radius 2 is 2.07 bits per heavy atom. The average molecular weight is 411 g/mol. The van der Waals surface area contributed by atoms with Gasteiger partial charge >= 0.3 is 0 Å². The zero-order valence-corrected chi connectivity index (χ0v) is 16.3. The fourth-order valence-electron chi connectivity index (χ4n) is 3.93. The zero-order valence-electron chi connectivity index (χ0n) is 15.6. The monoisotopic (exact) mass is 410 g/mol. The van der Waals surface area contributed by atoms with Gasteiger partial charge in [-0.15, -0.1) is 0 Å². The van der Waals surface area contributed by atoms with Crippen molar-refractivity contribution >= 4 is 39.8 Å². The molecule has 0 radical (unpaired) electrons. The third-order valence-electron chi connectivity index (χ3n) is 5.60. The van der Waals surface area contributed by atoms with E-state index < -0.39 is 4.92 Å². The lowest BCUT2D eigenvalue weighted by atomic mass is 10.0. The highest BCUT2D eigenvalue weighted by Crippen LogP contribution is 2.33. The van der Waals surface area contributed by atoms with E-state index in [9.17, 15) is 14.9 Å². The highest BCUT2D eigenvalue weighted by Gasteiger charge is 2.28. The SMILES string of the molecule is O=C(c1ccc(NC2CC2)c([N+](=O)[O-])c1)N1CCc2[nH]c3ccc(Cl)cc3c2C1. The summed E-state index contributed by atoms with van der Waals surface area (Å²) in [6.45, 7) is 1.01. The number of rotatable bonds is 4. The molecule has 0 atom stereocenters. The minimum absolute atomic E-state index is 0.0562. The van der Waals surface area contributed by atoms with E-state index in [1.54, 1.807) is 17.0 Å². The van der Waals surface area contributed by atoms with E-state index in [4.69, 9.17) is 11.6 Å². The smallest absolute Gasteiger partial charge is 0.293 e. The average Bonchev–Trinajstić information content (AvgIpc) is 3.46. The number of nitro benzene ring substituents is 1. The van der Waals surface area contributed by atoms with Crippen molar-refractivity contribution in [3.8, 4) is 0 Å². The molecule has 2 heterocycles. The van der Waals surface area contributed by atoms with Crippen molar-refractivity contribution in [2.45, 2.75) is 31.8 Å². The van der Waals surface area contributed by atoms with Gasteiger partial charge in [0.05, 0.1) is 4.92 Å². The van der Waals surface area contributed by atoms with Crippen LogP contribution in [0.5, 0.6) is 0 Å². The maximum absolute atomic E-state index is 13.1. The van der Waals surface area contributed by atoms with Crippen LogP contribution in [0, 0.1) is 10.1 Å². The summed E-state index contributed by atoms with van der Waals surface area (Å²) in [5, 5.41) is 16.3. The van der Waals surface area contributed by atoms with Gasteiger partial charge < -0.3 is 15.2 Å². The van der Waals surface area contributed by atoms with Crippen molar-refractivity contribution in [3.05, 3.63) is 68.4 Å². The van der Waals surface area contributed by atoms with Gasteiger partial charge in [0.1, 0.15) is 5.69 Å². The molecule has 2 aliphatic rings. The highest BCUT2D eigenvalue weighted by atomic mass is 35.5. The van der Waals surface area contributed by atoms with Crippen molar-refractivity contribution in [2.24, 2.45) is 0 Å². The molecule has 1 amide bonds. The van der Waals surface area contributed by atoms with Gasteiger partial charge in [0.15, 0.2) is 0 Å². The highest BCUT2D eigenvalue weighted by molar-refractivity contribution is 6.31. The largest absolute Gasteiger partial charge is 0.377 e. The second-order valence-electron chi connectivity index (χ2n) is 7.66. The Kier molecular flexibility index (Phi) is 4.20. The molecule has 0 saturated heterocycles. The first kappa shape index (κ1) is 18.0. The molecule has 8 heteroatoms. The number of halogens is 1. The first-order valence-electron chi connectivity index (χ1n) is 9.63. The van der Waals surface area contributed by atoms with E-state index in [0.29, 0.717) is 41.8 Å². The normalized spacial score (nSPS) is 16.0. The van der Waals surface area contributed by atoms with Crippen LogP contribution < -0.4 is 5.32 Å². The number of anilines is 1. The van der Waals surface area contributed by atoms with Crippen molar-refractivity contribution in [1.82, 2.24) is 9.88 Å². The maximum atomic E-state index is 13.1. The van der Waals surface area contributed by atoms with Crippen LogP contribution >= 0.6 is 11.6 Å². The van der Waals surface area contributed by atoms with Crippen LogP contribution in [0.1, 0.15) is 34.5 Å². The number of benzene rings is 2. The van der Waals surface area contributed by atoms with Gasteiger partial charge in [-0.25, -0.2) is 0 Å². The van der Waals surface area contributed by atoms with E-state index in [2.05, 4.69) is 10.3 Å². The van der Waals surface area contributed by atoms with Gasteiger partial charge in [-0.1, -0.05) is 11.6 Å². The molecule has 29 heavy (non-hydrogen) atoms. The molecule has 2 aromatic carbocycles. The van der Waals surface area contributed by atoms with Crippen LogP contribution in [0.3, 0.4) is 0 Å². The van der Waals surface area contributed by atoms with Crippen LogP contribution in [0.4, 0.5) is 11.4 Å². The van der Waals surface area contributed by atoms with Crippen molar-refractivity contribution in [2.75, 3.05) is 11.9 Å². The van der Waals surface area contributed by atoms with Gasteiger partial charge in [-0.05, 0) is 43.2 Å². The van der Waals surface area contributed by atoms with Crippen molar-refractivity contribution in [3.63, 3.8) is 0 Å². The zero-order chi connectivity index (χ0) is 20.1. The fraction of sp³-hybridized carbons (Fsp3) is 0.286. The summed E-state index contributed by atoms with van der Waals surface area (Å²) >= 11 is 6.15. The van der Waals surface area contributed by atoms with E-state index in [1.165, 1.54) is 6.07 Å². The first-order valence-corrected chi connectivity index (χ1v) is 10.0. The Morgan fingerprint density at radius 1 is 1.24 bits per heavy atom. The van der Waals surface area contributed by atoms with Crippen molar-refractivity contribution in [1.29, 1.82) is 0 Å². The lowest BCUT2D eigenvalue weighted by molar-refractivity contribution is -0.384. The Bertz CT molecular complexity index is 1150. The minimum Gasteiger partial charge on any atom is -0.377 e. The second kappa shape index (κ2) is 6.77. The Morgan fingerprint density at radius 3 is 2.83 bits per heavy atom. The molecule has 0 bridgehead atoms. The van der Waals surface area contributed by atoms with Gasteiger partial charge in [0, 0.05) is 64.4 Å². The van der Waals surface area contributed by atoms with Crippen LogP contribution in [0.2, 0.25) is 5.02 Å². The molecular weight excluding hydrogens is 392 g/mol. The minimum atomic E-state index is -0.433. The van der Waals surface area contributed by atoms with Gasteiger partial charge in [0.25, 0.3) is 11.6 Å². The third kappa shape index (κ3) is 3.31. The number of hydrogen-bond donors (Lipinski definition) is 2. The summed E-state index contributed by atoms with van der Waals surface area (Å²) in [5.74, 6) is -0.201. The number of nitrogens with one attached hydrogen (secondary N) is 2. The van der Waals surface area contributed by atoms with E-state index in [1.807, 2.05) is 18.2 Å². The van der Waals surface area contributed by atoms with E-state index in [0.717, 1.165) is 35.0 Å². The number of carbonyl (C=O) groups is 1. The van der Waals surface area contributed by atoms with E-state index >= 15 is 0 Å². The summed E-state index contributed by atoms with van der Waals surface area (Å²) in [5.41, 5.74) is 3.92. The number of amides is 1.